The first-order chi connectivity index (χ1) is 13.6. The summed E-state index contributed by atoms with van der Waals surface area (Å²) in [5.74, 6) is 1.05. The number of ether oxygens (including phenoxy) is 2. The molecule has 28 heavy (non-hydrogen) atoms. The number of rotatable bonds is 7. The zero-order valence-electron chi connectivity index (χ0n) is 15.7. The predicted molar refractivity (Wildman–Crippen MR) is 114 cm³/mol. The number of amides is 1. The Kier molecular flexibility index (Phi) is 6.45. The molecule has 1 amide bonds. The Hall–Kier alpha value is -3.12. The third kappa shape index (κ3) is 4.78. The van der Waals surface area contributed by atoms with Crippen molar-refractivity contribution in [1.29, 1.82) is 0 Å². The van der Waals surface area contributed by atoms with Crippen molar-refractivity contribution in [3.8, 4) is 11.5 Å². The highest BCUT2D eigenvalue weighted by molar-refractivity contribution is 8.00. The molecule has 3 rings (SSSR count). The first-order valence-corrected chi connectivity index (χ1v) is 9.58. The van der Waals surface area contributed by atoms with E-state index in [-0.39, 0.29) is 5.91 Å². The molecule has 0 bridgehead atoms. The number of nitrogen functional groups attached to an aromatic ring is 1. The molecule has 3 N–H and O–H groups in total. The second-order valence-electron chi connectivity index (χ2n) is 6.03. The van der Waals surface area contributed by atoms with Crippen LogP contribution in [0.2, 0.25) is 0 Å². The number of nitrogens with two attached hydrogens (primary N) is 1. The standard InChI is InChI=1S/C22H22N2O3S/c1-26-17-10-13-19(20(14-17)27-2)24-22(25)21(15-6-4-3-5-7-15)28-18-11-8-16(23)9-12-18/h3-14,21H,23H2,1-2H3,(H,24,25). The topological polar surface area (TPSA) is 73.6 Å². The highest BCUT2D eigenvalue weighted by Crippen LogP contribution is 2.37. The molecular weight excluding hydrogens is 372 g/mol. The number of nitrogens with one attached hydrogen (secondary N) is 1. The molecule has 0 saturated carbocycles. The van der Waals surface area contributed by atoms with Gasteiger partial charge in [0.15, 0.2) is 0 Å². The van der Waals surface area contributed by atoms with E-state index in [4.69, 9.17) is 15.2 Å². The summed E-state index contributed by atoms with van der Waals surface area (Å²) in [5.41, 5.74) is 7.96. The van der Waals surface area contributed by atoms with E-state index in [0.29, 0.717) is 22.9 Å². The highest BCUT2D eigenvalue weighted by atomic mass is 32.2. The van der Waals surface area contributed by atoms with Crippen molar-refractivity contribution in [2.24, 2.45) is 0 Å². The van der Waals surface area contributed by atoms with E-state index < -0.39 is 5.25 Å². The second kappa shape index (κ2) is 9.19. The van der Waals surface area contributed by atoms with E-state index in [1.54, 1.807) is 32.4 Å². The number of methoxy groups -OCH3 is 2. The summed E-state index contributed by atoms with van der Waals surface area (Å²) >= 11 is 1.47. The van der Waals surface area contributed by atoms with Crippen LogP contribution in [0, 0.1) is 0 Å². The Morgan fingerprint density at radius 3 is 2.32 bits per heavy atom. The van der Waals surface area contributed by atoms with Gasteiger partial charge >= 0.3 is 0 Å². The van der Waals surface area contributed by atoms with E-state index >= 15 is 0 Å². The number of carbonyl (C=O) groups is 1. The average Bonchev–Trinajstić information content (AvgIpc) is 2.74. The lowest BCUT2D eigenvalue weighted by Crippen LogP contribution is -2.19. The van der Waals surface area contributed by atoms with Gasteiger partial charge in [-0.15, -0.1) is 11.8 Å². The number of thioether (sulfide) groups is 1. The molecule has 1 atom stereocenters. The SMILES string of the molecule is COc1ccc(NC(=O)C(Sc2ccc(N)cc2)c2ccccc2)c(OC)c1. The lowest BCUT2D eigenvalue weighted by molar-refractivity contribution is -0.115. The smallest absolute Gasteiger partial charge is 0.242 e. The van der Waals surface area contributed by atoms with Crippen LogP contribution in [-0.2, 0) is 4.79 Å². The maximum Gasteiger partial charge on any atom is 0.242 e. The summed E-state index contributed by atoms with van der Waals surface area (Å²) in [6, 6.07) is 22.4. The summed E-state index contributed by atoms with van der Waals surface area (Å²) in [6.45, 7) is 0. The summed E-state index contributed by atoms with van der Waals surface area (Å²) in [6.07, 6.45) is 0. The molecule has 0 aromatic heterocycles. The van der Waals surface area contributed by atoms with Gasteiger partial charge in [0, 0.05) is 16.6 Å². The van der Waals surface area contributed by atoms with Crippen molar-refractivity contribution >= 4 is 29.0 Å². The van der Waals surface area contributed by atoms with Crippen LogP contribution < -0.4 is 20.5 Å². The molecule has 0 aliphatic rings. The Morgan fingerprint density at radius 2 is 1.68 bits per heavy atom. The summed E-state index contributed by atoms with van der Waals surface area (Å²) < 4.78 is 10.6. The molecule has 3 aromatic rings. The Labute approximate surface area is 168 Å². The monoisotopic (exact) mass is 394 g/mol. The molecule has 0 aliphatic carbocycles. The molecule has 1 unspecified atom stereocenters. The third-order valence-electron chi connectivity index (χ3n) is 4.14. The van der Waals surface area contributed by atoms with Crippen molar-refractivity contribution < 1.29 is 14.3 Å². The highest BCUT2D eigenvalue weighted by Gasteiger charge is 2.23. The van der Waals surface area contributed by atoms with Gasteiger partial charge in [-0.25, -0.2) is 0 Å². The lowest BCUT2D eigenvalue weighted by atomic mass is 10.1. The largest absolute Gasteiger partial charge is 0.497 e. The van der Waals surface area contributed by atoms with Crippen LogP contribution >= 0.6 is 11.8 Å². The Bertz CT molecular complexity index is 930. The van der Waals surface area contributed by atoms with Gasteiger partial charge in [-0.2, -0.15) is 0 Å². The molecule has 0 aliphatic heterocycles. The third-order valence-corrected chi connectivity index (χ3v) is 5.41. The second-order valence-corrected chi connectivity index (χ2v) is 7.21. The number of hydrogen-bond donors (Lipinski definition) is 2. The van der Waals surface area contributed by atoms with Crippen LogP contribution in [0.25, 0.3) is 0 Å². The molecule has 0 fully saturated rings. The van der Waals surface area contributed by atoms with Gasteiger partial charge in [0.05, 0.1) is 19.9 Å². The van der Waals surface area contributed by atoms with E-state index in [0.717, 1.165) is 10.5 Å². The maximum atomic E-state index is 13.2. The van der Waals surface area contributed by atoms with Crippen molar-refractivity contribution in [3.63, 3.8) is 0 Å². The Balaban J connectivity index is 1.87. The molecular formula is C22H22N2O3S. The quantitative estimate of drug-likeness (QED) is 0.446. The Morgan fingerprint density at radius 1 is 0.964 bits per heavy atom. The number of anilines is 2. The zero-order valence-corrected chi connectivity index (χ0v) is 16.5. The van der Waals surface area contributed by atoms with E-state index in [1.165, 1.54) is 11.8 Å². The zero-order chi connectivity index (χ0) is 19.9. The van der Waals surface area contributed by atoms with Gasteiger partial charge in [-0.1, -0.05) is 30.3 Å². The summed E-state index contributed by atoms with van der Waals surface area (Å²) in [7, 11) is 3.14. The first-order valence-electron chi connectivity index (χ1n) is 8.70. The van der Waals surface area contributed by atoms with Crippen LogP contribution in [0.1, 0.15) is 10.8 Å². The molecule has 0 heterocycles. The van der Waals surface area contributed by atoms with Crippen LogP contribution in [-0.4, -0.2) is 20.1 Å². The van der Waals surface area contributed by atoms with Gasteiger partial charge in [0.2, 0.25) is 5.91 Å². The van der Waals surface area contributed by atoms with Crippen LogP contribution in [0.5, 0.6) is 11.5 Å². The summed E-state index contributed by atoms with van der Waals surface area (Å²) in [5, 5.41) is 2.54. The molecule has 144 valence electrons. The van der Waals surface area contributed by atoms with Gasteiger partial charge in [0.25, 0.3) is 0 Å². The van der Waals surface area contributed by atoms with E-state index in [9.17, 15) is 4.79 Å². The van der Waals surface area contributed by atoms with Crippen LogP contribution in [0.15, 0.2) is 77.7 Å². The minimum absolute atomic E-state index is 0.142. The average molecular weight is 394 g/mol. The van der Waals surface area contributed by atoms with Crippen molar-refractivity contribution in [1.82, 2.24) is 0 Å². The van der Waals surface area contributed by atoms with Gasteiger partial charge in [-0.05, 0) is 42.0 Å². The van der Waals surface area contributed by atoms with Gasteiger partial charge < -0.3 is 20.5 Å². The fraction of sp³-hybridized carbons (Fsp3) is 0.136. The lowest BCUT2D eigenvalue weighted by Gasteiger charge is -2.18. The van der Waals surface area contributed by atoms with Crippen molar-refractivity contribution in [2.45, 2.75) is 10.1 Å². The minimum Gasteiger partial charge on any atom is -0.497 e. The molecule has 5 nitrogen and oxygen atoms in total. The van der Waals surface area contributed by atoms with E-state index in [1.807, 2.05) is 54.6 Å². The fourth-order valence-electron chi connectivity index (χ4n) is 2.68. The number of benzene rings is 3. The first kappa shape index (κ1) is 19.6. The predicted octanol–water partition coefficient (Wildman–Crippen LogP) is 4.76. The number of hydrogen-bond acceptors (Lipinski definition) is 5. The normalized spacial score (nSPS) is 11.5. The molecule has 6 heteroatoms. The van der Waals surface area contributed by atoms with Crippen LogP contribution in [0.3, 0.4) is 0 Å². The molecule has 0 saturated heterocycles. The molecule has 0 spiro atoms. The maximum absolute atomic E-state index is 13.2. The van der Waals surface area contributed by atoms with Gasteiger partial charge in [-0.3, -0.25) is 4.79 Å². The fourth-order valence-corrected chi connectivity index (χ4v) is 3.71. The molecule has 3 aromatic carbocycles. The van der Waals surface area contributed by atoms with Gasteiger partial charge in [0.1, 0.15) is 16.7 Å². The summed E-state index contributed by atoms with van der Waals surface area (Å²) in [4.78, 5) is 14.1. The van der Waals surface area contributed by atoms with Crippen molar-refractivity contribution in [2.75, 3.05) is 25.3 Å². The molecule has 0 radical (unpaired) electrons. The van der Waals surface area contributed by atoms with Crippen LogP contribution in [0.4, 0.5) is 11.4 Å². The number of carbonyl (C=O) groups excluding carboxylic acids is 1. The van der Waals surface area contributed by atoms with Crippen molar-refractivity contribution in [3.05, 3.63) is 78.4 Å². The minimum atomic E-state index is -0.434. The van der Waals surface area contributed by atoms with E-state index in [2.05, 4.69) is 5.32 Å².